The van der Waals surface area contributed by atoms with E-state index in [0.717, 1.165) is 0 Å². The van der Waals surface area contributed by atoms with Gasteiger partial charge in [0, 0.05) is 10.0 Å². The lowest BCUT2D eigenvalue weighted by Crippen LogP contribution is -2.10. The molecular weight excluding hydrogens is 482 g/mol. The van der Waals surface area contributed by atoms with Gasteiger partial charge in [0.25, 0.3) is 0 Å². The van der Waals surface area contributed by atoms with Gasteiger partial charge in [-0.15, -0.1) is 0 Å². The minimum Gasteiger partial charge on any atom is -0.493 e. The Labute approximate surface area is 189 Å². The van der Waals surface area contributed by atoms with Gasteiger partial charge in [-0.1, -0.05) is 34.1 Å². The van der Waals surface area contributed by atoms with Crippen molar-refractivity contribution in [3.05, 3.63) is 82.3 Å². The summed E-state index contributed by atoms with van der Waals surface area (Å²) >= 11 is 3.38. The molecule has 0 radical (unpaired) electrons. The van der Waals surface area contributed by atoms with Gasteiger partial charge in [0.15, 0.2) is 11.5 Å². The van der Waals surface area contributed by atoms with Crippen LogP contribution in [0.2, 0.25) is 0 Å². The highest BCUT2D eigenvalue weighted by Crippen LogP contribution is 2.33. The molecule has 0 aromatic heterocycles. The van der Waals surface area contributed by atoms with Crippen LogP contribution in [0.1, 0.15) is 11.1 Å². The third kappa shape index (κ3) is 5.26. The van der Waals surface area contributed by atoms with Crippen LogP contribution in [0.4, 0.5) is 0 Å². The van der Waals surface area contributed by atoms with Gasteiger partial charge < -0.3 is 13.7 Å². The molecule has 3 aromatic rings. The summed E-state index contributed by atoms with van der Waals surface area (Å²) in [7, 11) is -1.01. The molecule has 0 heterocycles. The van der Waals surface area contributed by atoms with Crippen LogP contribution in [-0.4, -0.2) is 22.6 Å². The summed E-state index contributed by atoms with van der Waals surface area (Å²) in [5, 5.41) is 9.74. The number of benzene rings is 3. The Morgan fingerprint density at radius 2 is 1.61 bits per heavy atom. The Morgan fingerprint density at radius 3 is 2.26 bits per heavy atom. The monoisotopic (exact) mass is 499 g/mol. The standard InChI is InChI=1S/C23H18BrNO5S/c1-28-22-10-8-16(14-23(22)29-2)18(15-25)12-17-13-19(24)9-11-21(17)30-31(26,27)20-6-4-3-5-7-20/h3-14H,1-2H3/b18-12+. The summed E-state index contributed by atoms with van der Waals surface area (Å²) in [6.45, 7) is 0. The van der Waals surface area contributed by atoms with Crippen molar-refractivity contribution in [2.24, 2.45) is 0 Å². The molecule has 0 fully saturated rings. The second-order valence-electron chi connectivity index (χ2n) is 6.27. The van der Waals surface area contributed by atoms with Gasteiger partial charge in [-0.25, -0.2) is 0 Å². The van der Waals surface area contributed by atoms with Crippen LogP contribution < -0.4 is 13.7 Å². The van der Waals surface area contributed by atoms with E-state index < -0.39 is 10.1 Å². The van der Waals surface area contributed by atoms with Gasteiger partial charge in [0.1, 0.15) is 10.6 Å². The number of hydrogen-bond donors (Lipinski definition) is 0. The number of nitrogens with zero attached hydrogens (tertiary/aromatic N) is 1. The molecular formula is C23H18BrNO5S. The lowest BCUT2D eigenvalue weighted by Gasteiger charge is -2.11. The first-order valence-electron chi connectivity index (χ1n) is 9.01. The second kappa shape index (κ2) is 9.69. The summed E-state index contributed by atoms with van der Waals surface area (Å²) in [5.74, 6) is 1.10. The normalized spacial score (nSPS) is 11.5. The van der Waals surface area contributed by atoms with E-state index in [2.05, 4.69) is 22.0 Å². The lowest BCUT2D eigenvalue weighted by atomic mass is 10.0. The Bertz CT molecular complexity index is 1260. The summed E-state index contributed by atoms with van der Waals surface area (Å²) in [6, 6.07) is 19.9. The first-order chi connectivity index (χ1) is 14.9. The van der Waals surface area contributed by atoms with E-state index in [1.54, 1.807) is 54.6 Å². The fourth-order valence-electron chi connectivity index (χ4n) is 2.80. The van der Waals surface area contributed by atoms with Gasteiger partial charge in [-0.05, 0) is 60.2 Å². The topological polar surface area (TPSA) is 85.6 Å². The number of rotatable bonds is 7. The third-order valence-corrected chi connectivity index (χ3v) is 6.06. The van der Waals surface area contributed by atoms with Gasteiger partial charge in [-0.2, -0.15) is 13.7 Å². The average molecular weight is 500 g/mol. The Kier molecular flexibility index (Phi) is 7.00. The number of halogens is 1. The fourth-order valence-corrected chi connectivity index (χ4v) is 4.15. The Balaban J connectivity index is 2.05. The predicted octanol–water partition coefficient (Wildman–Crippen LogP) is 5.30. The molecule has 6 nitrogen and oxygen atoms in total. The molecule has 0 aliphatic rings. The first-order valence-corrected chi connectivity index (χ1v) is 11.2. The zero-order chi connectivity index (χ0) is 22.4. The molecule has 0 amide bonds. The van der Waals surface area contributed by atoms with Crippen molar-refractivity contribution in [2.75, 3.05) is 14.2 Å². The molecule has 8 heteroatoms. The SMILES string of the molecule is COc1ccc(/C(C#N)=C/c2cc(Br)ccc2OS(=O)(=O)c2ccccc2)cc1OC. The Morgan fingerprint density at radius 1 is 0.935 bits per heavy atom. The van der Waals surface area contributed by atoms with E-state index in [4.69, 9.17) is 13.7 Å². The van der Waals surface area contributed by atoms with Crippen LogP contribution in [0.5, 0.6) is 17.2 Å². The maximum atomic E-state index is 12.7. The maximum absolute atomic E-state index is 12.7. The van der Waals surface area contributed by atoms with E-state index in [9.17, 15) is 13.7 Å². The highest BCUT2D eigenvalue weighted by Gasteiger charge is 2.18. The van der Waals surface area contributed by atoms with E-state index in [0.29, 0.717) is 32.7 Å². The molecule has 3 aromatic carbocycles. The van der Waals surface area contributed by atoms with Crippen LogP contribution in [0.3, 0.4) is 0 Å². The number of nitriles is 1. The molecule has 0 aliphatic carbocycles. The highest BCUT2D eigenvalue weighted by molar-refractivity contribution is 9.10. The van der Waals surface area contributed by atoms with E-state index in [1.165, 1.54) is 32.4 Å². The molecule has 0 saturated carbocycles. The van der Waals surface area contributed by atoms with Crippen molar-refractivity contribution in [3.63, 3.8) is 0 Å². The summed E-state index contributed by atoms with van der Waals surface area (Å²) in [5.41, 5.74) is 1.29. The zero-order valence-corrected chi connectivity index (χ0v) is 19.1. The quantitative estimate of drug-likeness (QED) is 0.249. The highest BCUT2D eigenvalue weighted by atomic mass is 79.9. The van der Waals surface area contributed by atoms with Crippen molar-refractivity contribution in [2.45, 2.75) is 4.90 Å². The molecule has 158 valence electrons. The largest absolute Gasteiger partial charge is 0.493 e. The molecule has 0 aliphatic heterocycles. The summed E-state index contributed by atoms with van der Waals surface area (Å²) in [6.07, 6.45) is 1.56. The van der Waals surface area contributed by atoms with Crippen molar-refractivity contribution < 1.29 is 22.1 Å². The lowest BCUT2D eigenvalue weighted by molar-refractivity contribution is 0.355. The zero-order valence-electron chi connectivity index (χ0n) is 16.7. The molecule has 0 bridgehead atoms. The average Bonchev–Trinajstić information content (AvgIpc) is 2.79. The smallest absolute Gasteiger partial charge is 0.339 e. The van der Waals surface area contributed by atoms with Gasteiger partial charge in [0.05, 0.1) is 25.9 Å². The number of hydrogen-bond acceptors (Lipinski definition) is 6. The predicted molar refractivity (Wildman–Crippen MR) is 121 cm³/mol. The van der Waals surface area contributed by atoms with Gasteiger partial charge in [-0.3, -0.25) is 0 Å². The molecule has 3 rings (SSSR count). The van der Waals surface area contributed by atoms with Crippen LogP contribution >= 0.6 is 15.9 Å². The molecule has 0 N–H and O–H groups in total. The molecule has 0 unspecified atom stereocenters. The van der Waals surface area contributed by atoms with Crippen LogP contribution in [0.15, 0.2) is 76.1 Å². The minimum atomic E-state index is -4.04. The molecule has 0 saturated heterocycles. The molecule has 0 atom stereocenters. The fraction of sp³-hybridized carbons (Fsp3) is 0.0870. The maximum Gasteiger partial charge on any atom is 0.339 e. The van der Waals surface area contributed by atoms with E-state index in [1.807, 2.05) is 0 Å². The first kappa shape index (κ1) is 22.4. The second-order valence-corrected chi connectivity index (χ2v) is 8.73. The van der Waals surface area contributed by atoms with Gasteiger partial charge >= 0.3 is 10.1 Å². The van der Waals surface area contributed by atoms with Crippen molar-refractivity contribution in [1.29, 1.82) is 5.26 Å². The number of methoxy groups -OCH3 is 2. The van der Waals surface area contributed by atoms with Crippen molar-refractivity contribution >= 4 is 37.7 Å². The Hall–Kier alpha value is -3.28. The summed E-state index contributed by atoms with van der Waals surface area (Å²) in [4.78, 5) is 0.0354. The van der Waals surface area contributed by atoms with Crippen LogP contribution in [0.25, 0.3) is 11.6 Å². The number of ether oxygens (including phenoxy) is 2. The van der Waals surface area contributed by atoms with Gasteiger partial charge in [0.2, 0.25) is 0 Å². The minimum absolute atomic E-state index is 0.0354. The van der Waals surface area contributed by atoms with Crippen LogP contribution in [0, 0.1) is 11.3 Å². The third-order valence-electron chi connectivity index (χ3n) is 4.32. The van der Waals surface area contributed by atoms with E-state index >= 15 is 0 Å². The van der Waals surface area contributed by atoms with Crippen LogP contribution in [-0.2, 0) is 10.1 Å². The summed E-state index contributed by atoms with van der Waals surface area (Å²) < 4.78 is 42.0. The van der Waals surface area contributed by atoms with Crippen molar-refractivity contribution in [1.82, 2.24) is 0 Å². The van der Waals surface area contributed by atoms with Crippen molar-refractivity contribution in [3.8, 4) is 23.3 Å². The molecule has 0 spiro atoms. The number of allylic oxidation sites excluding steroid dienone is 1. The van der Waals surface area contributed by atoms with E-state index in [-0.39, 0.29) is 10.6 Å². The molecule has 31 heavy (non-hydrogen) atoms.